The zero-order chi connectivity index (χ0) is 26.3. The Morgan fingerprint density at radius 1 is 1.16 bits per heavy atom. The lowest BCUT2D eigenvalue weighted by Crippen LogP contribution is -2.41. The highest BCUT2D eigenvalue weighted by Crippen LogP contribution is 2.32. The van der Waals surface area contributed by atoms with Crippen molar-refractivity contribution in [3.8, 4) is 6.07 Å². The molecule has 3 heterocycles. The van der Waals surface area contributed by atoms with Crippen LogP contribution in [0.5, 0.6) is 0 Å². The minimum atomic E-state index is -0.664. The number of fused-ring (bicyclic) bond motifs is 1. The third-order valence-corrected chi connectivity index (χ3v) is 6.81. The molecule has 0 atom stereocenters. The number of anilines is 2. The predicted octanol–water partition coefficient (Wildman–Crippen LogP) is 3.56. The van der Waals surface area contributed by atoms with Crippen LogP contribution in [-0.4, -0.2) is 28.9 Å². The van der Waals surface area contributed by atoms with E-state index in [9.17, 15) is 19.2 Å². The molecule has 0 aliphatic heterocycles. The van der Waals surface area contributed by atoms with Gasteiger partial charge in [0.05, 0.1) is 44.6 Å². The van der Waals surface area contributed by atoms with Crippen molar-refractivity contribution in [2.24, 2.45) is 7.05 Å². The summed E-state index contributed by atoms with van der Waals surface area (Å²) in [4.78, 5) is 35.1. The minimum Gasteiger partial charge on any atom is -0.340 e. The number of benzene rings is 2. The fraction of sp³-hybridized carbons (Fsp3) is 0.167. The van der Waals surface area contributed by atoms with Gasteiger partial charge in [0.15, 0.2) is 5.82 Å². The average molecular weight is 537 g/mol. The molecule has 37 heavy (non-hydrogen) atoms. The summed E-state index contributed by atoms with van der Waals surface area (Å²) in [5.74, 6) is -0.204. The molecule has 0 radical (unpaired) electrons. The van der Waals surface area contributed by atoms with E-state index < -0.39 is 17.1 Å². The first kappa shape index (κ1) is 24.4. The summed E-state index contributed by atoms with van der Waals surface area (Å²) in [5.41, 5.74) is 0.342. The van der Waals surface area contributed by atoms with Gasteiger partial charge in [-0.25, -0.2) is 19.2 Å². The number of nitriles is 1. The fourth-order valence-corrected chi connectivity index (χ4v) is 4.91. The maximum absolute atomic E-state index is 13.9. The van der Waals surface area contributed by atoms with Gasteiger partial charge in [-0.05, 0) is 36.8 Å². The Bertz CT molecular complexity index is 1830. The van der Waals surface area contributed by atoms with Crippen molar-refractivity contribution >= 4 is 44.7 Å². The smallest absolute Gasteiger partial charge is 0.333 e. The first-order valence-electron chi connectivity index (χ1n) is 10.9. The van der Waals surface area contributed by atoms with Crippen LogP contribution in [0.2, 0.25) is 5.02 Å². The van der Waals surface area contributed by atoms with Gasteiger partial charge in [0.2, 0.25) is 0 Å². The van der Waals surface area contributed by atoms with Crippen molar-refractivity contribution in [3.05, 3.63) is 96.4 Å². The van der Waals surface area contributed by atoms with Crippen LogP contribution in [0.3, 0.4) is 0 Å². The van der Waals surface area contributed by atoms with Crippen LogP contribution < -0.4 is 16.6 Å². The normalized spacial score (nSPS) is 11.1. The SMILES string of the molecule is Cc1nc2cc(Cl)c(Nc3cc(=O)n(Cc4ncn(C)n4)c(=O)n3Cc3ccc(F)c(C#N)c3)cc2s1. The Hall–Kier alpha value is -4.34. The quantitative estimate of drug-likeness (QED) is 0.352. The van der Waals surface area contributed by atoms with Crippen molar-refractivity contribution in [1.82, 2.24) is 28.9 Å². The Morgan fingerprint density at radius 3 is 2.70 bits per heavy atom. The lowest BCUT2D eigenvalue weighted by atomic mass is 10.1. The number of rotatable bonds is 6. The lowest BCUT2D eigenvalue weighted by molar-refractivity contribution is 0.596. The van der Waals surface area contributed by atoms with Crippen LogP contribution >= 0.6 is 22.9 Å². The molecule has 186 valence electrons. The van der Waals surface area contributed by atoms with E-state index in [1.54, 1.807) is 25.2 Å². The molecule has 0 saturated heterocycles. The molecule has 10 nitrogen and oxygen atoms in total. The molecule has 0 fully saturated rings. The molecule has 0 unspecified atom stereocenters. The standard InChI is InChI=1S/C24H18ClFN8O2S/c1-13-29-19-6-16(25)18(7-20(19)37-13)30-22-8-23(35)34(11-21-28-12-32(2)31-21)24(36)33(22)10-14-3-4-17(26)15(5-14)9-27/h3-8,12,30H,10-11H2,1-2H3. The second-order valence-electron chi connectivity index (χ2n) is 8.24. The first-order valence-corrected chi connectivity index (χ1v) is 12.1. The Balaban J connectivity index is 1.63. The third-order valence-electron chi connectivity index (χ3n) is 5.56. The topological polar surface area (TPSA) is 123 Å². The van der Waals surface area contributed by atoms with Gasteiger partial charge in [-0.1, -0.05) is 17.7 Å². The molecule has 13 heteroatoms. The summed E-state index contributed by atoms with van der Waals surface area (Å²) in [6.45, 7) is 1.70. The Labute approximate surface area is 217 Å². The highest BCUT2D eigenvalue weighted by atomic mass is 35.5. The van der Waals surface area contributed by atoms with Crippen molar-refractivity contribution < 1.29 is 4.39 Å². The van der Waals surface area contributed by atoms with Crippen LogP contribution in [0.1, 0.15) is 22.0 Å². The number of hydrogen-bond donors (Lipinski definition) is 1. The van der Waals surface area contributed by atoms with E-state index in [-0.39, 0.29) is 30.3 Å². The highest BCUT2D eigenvalue weighted by Gasteiger charge is 2.17. The number of aryl methyl sites for hydroxylation is 2. The Morgan fingerprint density at radius 2 is 1.97 bits per heavy atom. The molecule has 0 saturated carbocycles. The molecular weight excluding hydrogens is 519 g/mol. The van der Waals surface area contributed by atoms with E-state index in [1.807, 2.05) is 6.92 Å². The molecule has 0 spiro atoms. The van der Waals surface area contributed by atoms with Crippen molar-refractivity contribution in [2.75, 3.05) is 5.32 Å². The van der Waals surface area contributed by atoms with Gasteiger partial charge in [-0.15, -0.1) is 11.3 Å². The van der Waals surface area contributed by atoms with Gasteiger partial charge in [0.25, 0.3) is 5.56 Å². The molecule has 5 aromatic rings. The van der Waals surface area contributed by atoms with Gasteiger partial charge in [-0.3, -0.25) is 18.6 Å². The molecule has 5 rings (SSSR count). The number of thiazole rings is 1. The number of aromatic nitrogens is 6. The van der Waals surface area contributed by atoms with E-state index >= 15 is 0 Å². The van der Waals surface area contributed by atoms with Gasteiger partial charge in [0, 0.05) is 13.1 Å². The molecule has 2 aromatic carbocycles. The number of hydrogen-bond acceptors (Lipinski definition) is 8. The highest BCUT2D eigenvalue weighted by molar-refractivity contribution is 7.18. The van der Waals surface area contributed by atoms with Crippen LogP contribution in [-0.2, 0) is 20.1 Å². The monoisotopic (exact) mass is 536 g/mol. The third kappa shape index (κ3) is 4.87. The maximum atomic E-state index is 13.9. The number of nitrogens with zero attached hydrogens (tertiary/aromatic N) is 7. The average Bonchev–Trinajstić information content (AvgIpc) is 3.43. The zero-order valence-electron chi connectivity index (χ0n) is 19.6. The fourth-order valence-electron chi connectivity index (χ4n) is 3.85. The summed E-state index contributed by atoms with van der Waals surface area (Å²) in [7, 11) is 1.68. The van der Waals surface area contributed by atoms with Crippen LogP contribution in [0, 0.1) is 24.1 Å². The van der Waals surface area contributed by atoms with Crippen molar-refractivity contribution in [1.29, 1.82) is 5.26 Å². The summed E-state index contributed by atoms with van der Waals surface area (Å²) >= 11 is 7.97. The van der Waals surface area contributed by atoms with E-state index in [0.29, 0.717) is 16.3 Å². The van der Waals surface area contributed by atoms with Crippen molar-refractivity contribution in [3.63, 3.8) is 0 Å². The number of halogens is 2. The van der Waals surface area contributed by atoms with Gasteiger partial charge in [-0.2, -0.15) is 10.4 Å². The van der Waals surface area contributed by atoms with E-state index in [0.717, 1.165) is 25.9 Å². The van der Waals surface area contributed by atoms with E-state index in [2.05, 4.69) is 20.4 Å². The molecule has 0 amide bonds. The van der Waals surface area contributed by atoms with Gasteiger partial charge >= 0.3 is 5.69 Å². The summed E-state index contributed by atoms with van der Waals surface area (Å²) in [5, 5.41) is 17.7. The first-order chi connectivity index (χ1) is 17.7. The van der Waals surface area contributed by atoms with E-state index in [1.165, 1.54) is 45.1 Å². The maximum Gasteiger partial charge on any atom is 0.333 e. The second-order valence-corrected chi connectivity index (χ2v) is 9.88. The molecule has 0 aliphatic rings. The summed E-state index contributed by atoms with van der Waals surface area (Å²) in [6.07, 6.45) is 1.47. The number of nitrogens with one attached hydrogen (secondary N) is 1. The van der Waals surface area contributed by atoms with Crippen LogP contribution in [0.15, 0.2) is 52.3 Å². The van der Waals surface area contributed by atoms with Gasteiger partial charge in [0.1, 0.15) is 24.0 Å². The molecule has 0 bridgehead atoms. The zero-order valence-corrected chi connectivity index (χ0v) is 21.1. The van der Waals surface area contributed by atoms with Crippen LogP contribution in [0.25, 0.3) is 10.2 Å². The van der Waals surface area contributed by atoms with Gasteiger partial charge < -0.3 is 5.32 Å². The molecule has 3 aromatic heterocycles. The molecule has 0 aliphatic carbocycles. The largest absolute Gasteiger partial charge is 0.340 e. The van der Waals surface area contributed by atoms with Crippen molar-refractivity contribution in [2.45, 2.75) is 20.0 Å². The second kappa shape index (κ2) is 9.61. The summed E-state index contributed by atoms with van der Waals surface area (Å²) < 4.78 is 18.6. The van der Waals surface area contributed by atoms with Crippen LogP contribution in [0.4, 0.5) is 15.9 Å². The predicted molar refractivity (Wildman–Crippen MR) is 138 cm³/mol. The lowest BCUT2D eigenvalue weighted by Gasteiger charge is -2.17. The van der Waals surface area contributed by atoms with E-state index in [4.69, 9.17) is 11.6 Å². The molecule has 1 N–H and O–H groups in total. The Kier molecular flexibility index (Phi) is 6.32. The minimum absolute atomic E-state index is 0.0500. The molecular formula is C24H18ClFN8O2S. The summed E-state index contributed by atoms with van der Waals surface area (Å²) in [6, 6.07) is 10.6.